The number of aromatic amines is 1. The number of benzene rings is 1. The van der Waals surface area contributed by atoms with Crippen LogP contribution in [-0.2, 0) is 18.4 Å². The number of imidazole rings is 1. The topological polar surface area (TPSA) is 91.1 Å². The normalized spacial score (nSPS) is 12.5. The van der Waals surface area contributed by atoms with Crippen molar-refractivity contribution in [3.63, 3.8) is 0 Å². The summed E-state index contributed by atoms with van der Waals surface area (Å²) < 4.78 is 5.80. The van der Waals surface area contributed by atoms with Crippen LogP contribution in [0.3, 0.4) is 0 Å². The molecule has 0 fully saturated rings. The molecule has 0 atom stereocenters. The van der Waals surface area contributed by atoms with Crippen LogP contribution in [0.15, 0.2) is 39.9 Å². The van der Waals surface area contributed by atoms with Crippen molar-refractivity contribution in [3.8, 4) is 0 Å². The van der Waals surface area contributed by atoms with Gasteiger partial charge in [-0.05, 0) is 19.1 Å². The van der Waals surface area contributed by atoms with Crippen LogP contribution in [0.4, 0.5) is 0 Å². The first-order chi connectivity index (χ1) is 13.0. The van der Waals surface area contributed by atoms with E-state index in [1.54, 1.807) is 6.20 Å². The number of H-pyrrole nitrogens is 1. The van der Waals surface area contributed by atoms with Gasteiger partial charge >= 0.3 is 0 Å². The number of rotatable bonds is 6. The van der Waals surface area contributed by atoms with Gasteiger partial charge in [-0.3, -0.25) is 0 Å². The summed E-state index contributed by atoms with van der Waals surface area (Å²) in [7, 11) is 0. The molecule has 0 aliphatic rings. The molecule has 2 heterocycles. The number of fused-ring (bicyclic) bond motifs is 1. The standard InChI is InChI=1S/C20H28N6O/c1-5-21-19(24-13-18-23-12-16(27-18)20(2,3)4)22-11-10-17-25-14-8-6-7-9-15(14)26-17/h6-9,12H,5,10-11,13H2,1-4H3,(H,25,26)(H2,21,22,24). The molecule has 2 aromatic heterocycles. The predicted molar refractivity (Wildman–Crippen MR) is 108 cm³/mol. The molecule has 1 aromatic carbocycles. The van der Waals surface area contributed by atoms with Gasteiger partial charge < -0.3 is 20.0 Å². The van der Waals surface area contributed by atoms with Crippen molar-refractivity contribution in [1.82, 2.24) is 25.6 Å². The molecule has 0 spiro atoms. The zero-order valence-electron chi connectivity index (χ0n) is 16.5. The van der Waals surface area contributed by atoms with E-state index in [9.17, 15) is 0 Å². The van der Waals surface area contributed by atoms with Crippen LogP contribution in [0.5, 0.6) is 0 Å². The summed E-state index contributed by atoms with van der Waals surface area (Å²) in [6, 6.07) is 8.05. The maximum Gasteiger partial charge on any atom is 0.216 e. The molecule has 0 bridgehead atoms. The third-order valence-electron chi connectivity index (χ3n) is 4.10. The average Bonchev–Trinajstić information content (AvgIpc) is 3.26. The molecule has 0 saturated carbocycles. The summed E-state index contributed by atoms with van der Waals surface area (Å²) in [5.74, 6) is 3.19. The van der Waals surface area contributed by atoms with Gasteiger partial charge in [0.1, 0.15) is 18.1 Å². The molecule has 3 N–H and O–H groups in total. The average molecular weight is 368 g/mol. The molecule has 0 aliphatic carbocycles. The molecule has 7 nitrogen and oxygen atoms in total. The lowest BCUT2D eigenvalue weighted by atomic mass is 9.94. The summed E-state index contributed by atoms with van der Waals surface area (Å²) in [6.45, 7) is 10.3. The van der Waals surface area contributed by atoms with Gasteiger partial charge in [-0.25, -0.2) is 15.0 Å². The number of nitrogens with zero attached hydrogens (tertiary/aromatic N) is 3. The van der Waals surface area contributed by atoms with Gasteiger partial charge in [0.2, 0.25) is 5.89 Å². The molecule has 0 radical (unpaired) electrons. The summed E-state index contributed by atoms with van der Waals surface area (Å²) in [5.41, 5.74) is 2.00. The van der Waals surface area contributed by atoms with Crippen molar-refractivity contribution < 1.29 is 4.42 Å². The van der Waals surface area contributed by atoms with E-state index >= 15 is 0 Å². The molecule has 0 saturated heterocycles. The van der Waals surface area contributed by atoms with Crippen LogP contribution in [0, 0.1) is 0 Å². The summed E-state index contributed by atoms with van der Waals surface area (Å²) in [6.07, 6.45) is 2.57. The molecule has 27 heavy (non-hydrogen) atoms. The van der Waals surface area contributed by atoms with Gasteiger partial charge in [0.15, 0.2) is 5.96 Å². The minimum atomic E-state index is -0.0513. The number of oxazole rings is 1. The minimum absolute atomic E-state index is 0.0513. The molecule has 0 amide bonds. The minimum Gasteiger partial charge on any atom is -0.443 e. The quantitative estimate of drug-likeness (QED) is 0.459. The number of aromatic nitrogens is 3. The van der Waals surface area contributed by atoms with Crippen molar-refractivity contribution in [2.45, 2.75) is 46.1 Å². The van der Waals surface area contributed by atoms with E-state index in [1.165, 1.54) is 0 Å². The molecule has 3 aromatic rings. The number of para-hydroxylation sites is 2. The zero-order valence-corrected chi connectivity index (χ0v) is 16.5. The predicted octanol–water partition coefficient (Wildman–Crippen LogP) is 3.15. The lowest BCUT2D eigenvalue weighted by molar-refractivity contribution is 0.383. The Bertz CT molecular complexity index is 869. The second kappa shape index (κ2) is 8.24. The van der Waals surface area contributed by atoms with Gasteiger partial charge in [-0.15, -0.1) is 0 Å². The SMILES string of the molecule is CCNC(=NCc1ncc(C(C)(C)C)o1)NCCc1nc2ccccc2[nH]1. The largest absolute Gasteiger partial charge is 0.443 e. The first kappa shape index (κ1) is 18.9. The Hall–Kier alpha value is -2.83. The van der Waals surface area contributed by atoms with Crippen LogP contribution < -0.4 is 10.6 Å². The van der Waals surface area contributed by atoms with E-state index in [4.69, 9.17) is 4.42 Å². The Kier molecular flexibility index (Phi) is 5.78. The number of aliphatic imine (C=N–C) groups is 1. The van der Waals surface area contributed by atoms with E-state index < -0.39 is 0 Å². The maximum absolute atomic E-state index is 5.80. The monoisotopic (exact) mass is 368 g/mol. The summed E-state index contributed by atoms with van der Waals surface area (Å²) in [5, 5.41) is 6.57. The molecule has 3 rings (SSSR count). The van der Waals surface area contributed by atoms with E-state index in [-0.39, 0.29) is 5.41 Å². The number of nitrogens with one attached hydrogen (secondary N) is 3. The third-order valence-corrected chi connectivity index (χ3v) is 4.10. The fourth-order valence-corrected chi connectivity index (χ4v) is 2.64. The first-order valence-corrected chi connectivity index (χ1v) is 9.36. The Morgan fingerprint density at radius 3 is 2.74 bits per heavy atom. The molecule has 0 unspecified atom stereocenters. The van der Waals surface area contributed by atoms with Crippen molar-refractivity contribution in [1.29, 1.82) is 0 Å². The van der Waals surface area contributed by atoms with Crippen LogP contribution in [-0.4, -0.2) is 34.0 Å². The highest BCUT2D eigenvalue weighted by molar-refractivity contribution is 5.79. The van der Waals surface area contributed by atoms with Gasteiger partial charge in [-0.2, -0.15) is 0 Å². The Morgan fingerprint density at radius 1 is 1.22 bits per heavy atom. The van der Waals surface area contributed by atoms with Gasteiger partial charge in [0.25, 0.3) is 0 Å². The van der Waals surface area contributed by atoms with Crippen LogP contribution in [0.2, 0.25) is 0 Å². The number of hydrogen-bond donors (Lipinski definition) is 3. The highest BCUT2D eigenvalue weighted by Gasteiger charge is 2.19. The summed E-state index contributed by atoms with van der Waals surface area (Å²) in [4.78, 5) is 16.8. The maximum atomic E-state index is 5.80. The van der Waals surface area contributed by atoms with Crippen molar-refractivity contribution in [3.05, 3.63) is 47.9 Å². The van der Waals surface area contributed by atoms with Crippen molar-refractivity contribution >= 4 is 17.0 Å². The molecular formula is C20H28N6O. The molecule has 144 valence electrons. The number of hydrogen-bond acceptors (Lipinski definition) is 4. The lowest BCUT2D eigenvalue weighted by Crippen LogP contribution is -2.38. The smallest absolute Gasteiger partial charge is 0.216 e. The van der Waals surface area contributed by atoms with Crippen molar-refractivity contribution in [2.24, 2.45) is 4.99 Å². The second-order valence-corrected chi connectivity index (χ2v) is 7.44. The highest BCUT2D eigenvalue weighted by Crippen LogP contribution is 2.22. The first-order valence-electron chi connectivity index (χ1n) is 9.36. The fraction of sp³-hybridized carbons (Fsp3) is 0.450. The summed E-state index contributed by atoms with van der Waals surface area (Å²) >= 11 is 0. The molecular weight excluding hydrogens is 340 g/mol. The van der Waals surface area contributed by atoms with E-state index in [1.807, 2.05) is 31.2 Å². The highest BCUT2D eigenvalue weighted by atomic mass is 16.4. The molecule has 0 aliphatic heterocycles. The Balaban J connectivity index is 1.56. The van der Waals surface area contributed by atoms with Gasteiger partial charge in [-0.1, -0.05) is 32.9 Å². The van der Waals surface area contributed by atoms with E-state index in [0.29, 0.717) is 12.4 Å². The number of guanidine groups is 1. The van der Waals surface area contributed by atoms with Crippen molar-refractivity contribution in [2.75, 3.05) is 13.1 Å². The second-order valence-electron chi connectivity index (χ2n) is 7.44. The lowest BCUT2D eigenvalue weighted by Gasteiger charge is -2.13. The van der Waals surface area contributed by atoms with E-state index in [0.717, 1.165) is 48.1 Å². The Labute approximate surface area is 159 Å². The Morgan fingerprint density at radius 2 is 2.04 bits per heavy atom. The van der Waals surface area contributed by atoms with E-state index in [2.05, 4.69) is 51.3 Å². The van der Waals surface area contributed by atoms with Crippen LogP contribution in [0.25, 0.3) is 11.0 Å². The zero-order chi connectivity index (χ0) is 19.3. The third kappa shape index (κ3) is 5.09. The van der Waals surface area contributed by atoms with Gasteiger partial charge in [0.05, 0.1) is 17.2 Å². The van der Waals surface area contributed by atoms with Gasteiger partial charge in [0, 0.05) is 24.9 Å². The fourth-order valence-electron chi connectivity index (χ4n) is 2.64. The molecule has 7 heteroatoms. The van der Waals surface area contributed by atoms with Crippen LogP contribution >= 0.6 is 0 Å². The van der Waals surface area contributed by atoms with Crippen LogP contribution in [0.1, 0.15) is 45.2 Å².